The standard InChI is InChI=1S/C24H38O4/c1-14(4-7-21(27)28)17-5-6-18-22-19(9-11-24(17,18)3)23(2)10-8-16(25)12-15(23)13-20(22)26/h13-14,16-20,22,25-26H,4-12H2,1-3H3,(H,27,28)/t14-,16-,17-,18+,19+,20+,22+,23+,24-/m1/s1. The molecule has 28 heavy (non-hydrogen) atoms. The fourth-order valence-electron chi connectivity index (χ4n) is 8.16. The summed E-state index contributed by atoms with van der Waals surface area (Å²) in [5, 5.41) is 30.4. The number of aliphatic hydroxyl groups is 2. The summed E-state index contributed by atoms with van der Waals surface area (Å²) in [7, 11) is 0. The molecule has 158 valence electrons. The van der Waals surface area contributed by atoms with Crippen molar-refractivity contribution in [3.05, 3.63) is 11.6 Å². The van der Waals surface area contributed by atoms with Crippen molar-refractivity contribution in [1.29, 1.82) is 0 Å². The van der Waals surface area contributed by atoms with Gasteiger partial charge in [0, 0.05) is 6.42 Å². The lowest BCUT2D eigenvalue weighted by Crippen LogP contribution is -2.54. The number of rotatable bonds is 4. The van der Waals surface area contributed by atoms with Crippen molar-refractivity contribution in [1.82, 2.24) is 0 Å². The third kappa shape index (κ3) is 3.06. The maximum atomic E-state index is 11.2. The van der Waals surface area contributed by atoms with E-state index in [0.717, 1.165) is 32.1 Å². The van der Waals surface area contributed by atoms with Gasteiger partial charge in [-0.3, -0.25) is 4.79 Å². The van der Waals surface area contributed by atoms with Crippen molar-refractivity contribution in [3.63, 3.8) is 0 Å². The molecule has 4 aliphatic carbocycles. The highest BCUT2D eigenvalue weighted by atomic mass is 16.4. The second-order valence-electron chi connectivity index (χ2n) is 10.9. The van der Waals surface area contributed by atoms with Gasteiger partial charge in [-0.15, -0.1) is 0 Å². The maximum Gasteiger partial charge on any atom is 0.303 e. The Morgan fingerprint density at radius 2 is 1.89 bits per heavy atom. The molecule has 0 aromatic carbocycles. The van der Waals surface area contributed by atoms with E-state index in [-0.39, 0.29) is 23.4 Å². The first-order chi connectivity index (χ1) is 13.2. The molecule has 4 heteroatoms. The van der Waals surface area contributed by atoms with Crippen LogP contribution in [0.1, 0.15) is 78.6 Å². The first kappa shape index (κ1) is 20.4. The summed E-state index contributed by atoms with van der Waals surface area (Å²) in [6, 6.07) is 0. The minimum atomic E-state index is -0.692. The zero-order chi connectivity index (χ0) is 20.3. The highest BCUT2D eigenvalue weighted by molar-refractivity contribution is 5.66. The predicted molar refractivity (Wildman–Crippen MR) is 109 cm³/mol. The van der Waals surface area contributed by atoms with Crippen LogP contribution in [0.2, 0.25) is 0 Å². The molecular weight excluding hydrogens is 352 g/mol. The molecule has 0 aromatic heterocycles. The second kappa shape index (κ2) is 7.12. The van der Waals surface area contributed by atoms with Crippen LogP contribution in [0.4, 0.5) is 0 Å². The first-order valence-electron chi connectivity index (χ1n) is 11.5. The minimum Gasteiger partial charge on any atom is -0.481 e. The zero-order valence-electron chi connectivity index (χ0n) is 17.7. The molecule has 0 spiro atoms. The Labute approximate surface area is 169 Å². The summed E-state index contributed by atoms with van der Waals surface area (Å²) in [5.41, 5.74) is 1.65. The number of carbonyl (C=O) groups is 1. The molecule has 3 fully saturated rings. The average molecular weight is 391 g/mol. The topological polar surface area (TPSA) is 77.8 Å². The Kier molecular flexibility index (Phi) is 5.19. The monoisotopic (exact) mass is 390 g/mol. The molecule has 0 aromatic rings. The fourth-order valence-corrected chi connectivity index (χ4v) is 8.16. The van der Waals surface area contributed by atoms with Crippen LogP contribution in [0.3, 0.4) is 0 Å². The second-order valence-corrected chi connectivity index (χ2v) is 10.9. The van der Waals surface area contributed by atoms with E-state index in [1.807, 2.05) is 0 Å². The van der Waals surface area contributed by atoms with Gasteiger partial charge >= 0.3 is 5.97 Å². The van der Waals surface area contributed by atoms with E-state index >= 15 is 0 Å². The van der Waals surface area contributed by atoms with Gasteiger partial charge in [0.15, 0.2) is 0 Å². The third-order valence-corrected chi connectivity index (χ3v) is 9.68. The Bertz CT molecular complexity index is 657. The largest absolute Gasteiger partial charge is 0.481 e. The predicted octanol–water partition coefficient (Wildman–Crippen LogP) is 4.40. The highest BCUT2D eigenvalue weighted by Gasteiger charge is 2.61. The molecule has 0 aliphatic heterocycles. The normalized spacial score (nSPS) is 48.8. The van der Waals surface area contributed by atoms with E-state index in [2.05, 4.69) is 26.8 Å². The van der Waals surface area contributed by atoms with Crippen molar-refractivity contribution >= 4 is 5.97 Å². The first-order valence-corrected chi connectivity index (χ1v) is 11.5. The van der Waals surface area contributed by atoms with Crippen molar-refractivity contribution in [2.75, 3.05) is 0 Å². The zero-order valence-corrected chi connectivity index (χ0v) is 17.7. The van der Waals surface area contributed by atoms with Crippen molar-refractivity contribution in [2.45, 2.75) is 90.8 Å². The molecule has 9 atom stereocenters. The fraction of sp³-hybridized carbons (Fsp3) is 0.875. The van der Waals surface area contributed by atoms with Gasteiger partial charge in [-0.1, -0.05) is 32.4 Å². The summed E-state index contributed by atoms with van der Waals surface area (Å²) in [4.78, 5) is 11.0. The molecule has 0 amide bonds. The molecule has 0 unspecified atom stereocenters. The molecule has 4 nitrogen and oxygen atoms in total. The van der Waals surface area contributed by atoms with Crippen LogP contribution in [-0.4, -0.2) is 33.5 Å². The van der Waals surface area contributed by atoms with E-state index in [0.29, 0.717) is 29.6 Å². The smallest absolute Gasteiger partial charge is 0.303 e. The molecular formula is C24H38O4. The van der Waals surface area contributed by atoms with Gasteiger partial charge in [0.25, 0.3) is 0 Å². The van der Waals surface area contributed by atoms with Gasteiger partial charge < -0.3 is 15.3 Å². The Hall–Kier alpha value is -0.870. The third-order valence-electron chi connectivity index (χ3n) is 9.68. The molecule has 4 rings (SSSR count). The van der Waals surface area contributed by atoms with Gasteiger partial charge in [-0.25, -0.2) is 0 Å². The summed E-state index contributed by atoms with van der Waals surface area (Å²) >= 11 is 0. The molecule has 3 N–H and O–H groups in total. The Balaban J connectivity index is 1.59. The lowest BCUT2D eigenvalue weighted by molar-refractivity contribution is -0.137. The van der Waals surface area contributed by atoms with Crippen molar-refractivity contribution in [3.8, 4) is 0 Å². The quantitative estimate of drug-likeness (QED) is 0.622. The summed E-state index contributed by atoms with van der Waals surface area (Å²) < 4.78 is 0. The van der Waals surface area contributed by atoms with Crippen molar-refractivity contribution in [2.24, 2.45) is 40.4 Å². The average Bonchev–Trinajstić information content (AvgIpc) is 2.98. The molecule has 0 bridgehead atoms. The van der Waals surface area contributed by atoms with Crippen LogP contribution in [0.25, 0.3) is 0 Å². The SMILES string of the molecule is C[C@H](CCC(=O)O)[C@H]1CC[C@H]2[C@@H]3[C@@H](O)C=C4C[C@H](O)CC[C@]4(C)[C@H]3CC[C@]12C. The lowest BCUT2D eigenvalue weighted by atomic mass is 9.46. The maximum absolute atomic E-state index is 11.2. The van der Waals surface area contributed by atoms with Gasteiger partial charge in [0.2, 0.25) is 0 Å². The lowest BCUT2D eigenvalue weighted by Gasteiger charge is -2.59. The van der Waals surface area contributed by atoms with Gasteiger partial charge in [0.05, 0.1) is 12.2 Å². The summed E-state index contributed by atoms with van der Waals surface area (Å²) in [6.45, 7) is 7.06. The minimum absolute atomic E-state index is 0.136. The summed E-state index contributed by atoms with van der Waals surface area (Å²) in [6.07, 6.45) is 9.82. The molecule has 4 aliphatic rings. The number of fused-ring (bicyclic) bond motifs is 5. The number of carboxylic acids is 1. The van der Waals surface area contributed by atoms with Crippen LogP contribution in [0, 0.1) is 40.4 Å². The van der Waals surface area contributed by atoms with Gasteiger partial charge in [-0.05, 0) is 91.8 Å². The number of carboxylic acid groups (broad SMARTS) is 1. The number of hydrogen-bond donors (Lipinski definition) is 3. The van der Waals surface area contributed by atoms with Crippen LogP contribution in [0.15, 0.2) is 11.6 Å². The highest BCUT2D eigenvalue weighted by Crippen LogP contribution is 2.67. The van der Waals surface area contributed by atoms with Gasteiger partial charge in [-0.2, -0.15) is 0 Å². The van der Waals surface area contributed by atoms with Crippen LogP contribution >= 0.6 is 0 Å². The van der Waals surface area contributed by atoms with Crippen LogP contribution in [0.5, 0.6) is 0 Å². The van der Waals surface area contributed by atoms with Crippen molar-refractivity contribution < 1.29 is 20.1 Å². The van der Waals surface area contributed by atoms with Crippen LogP contribution in [-0.2, 0) is 4.79 Å². The molecule has 0 heterocycles. The molecule has 3 saturated carbocycles. The number of aliphatic hydroxyl groups excluding tert-OH is 2. The number of aliphatic carboxylic acids is 1. The Morgan fingerprint density at radius 3 is 2.61 bits per heavy atom. The molecule has 0 saturated heterocycles. The van der Waals surface area contributed by atoms with E-state index in [1.165, 1.54) is 24.8 Å². The van der Waals surface area contributed by atoms with E-state index in [4.69, 9.17) is 5.11 Å². The van der Waals surface area contributed by atoms with E-state index < -0.39 is 12.1 Å². The van der Waals surface area contributed by atoms with E-state index in [9.17, 15) is 15.0 Å². The van der Waals surface area contributed by atoms with Gasteiger partial charge in [0.1, 0.15) is 0 Å². The Morgan fingerprint density at radius 1 is 1.14 bits per heavy atom. The van der Waals surface area contributed by atoms with E-state index in [1.54, 1.807) is 0 Å². The molecule has 0 radical (unpaired) electrons. The van der Waals surface area contributed by atoms with Crippen LogP contribution < -0.4 is 0 Å². The summed E-state index contributed by atoms with van der Waals surface area (Å²) in [5.74, 6) is 1.66. The number of hydrogen-bond acceptors (Lipinski definition) is 3.